The van der Waals surface area contributed by atoms with Gasteiger partial charge in [-0.15, -0.1) is 10.2 Å². The maximum absolute atomic E-state index is 12.1. The van der Waals surface area contributed by atoms with E-state index in [1.54, 1.807) is 24.4 Å². The summed E-state index contributed by atoms with van der Waals surface area (Å²) in [4.78, 5) is 16.3. The molecule has 3 aromatic rings. The third-order valence-electron chi connectivity index (χ3n) is 2.83. The van der Waals surface area contributed by atoms with Gasteiger partial charge < -0.3 is 5.32 Å². The van der Waals surface area contributed by atoms with Crippen LogP contribution >= 0.6 is 23.2 Å². The summed E-state index contributed by atoms with van der Waals surface area (Å²) in [5.74, 6) is -0.383. The Balaban J connectivity index is 1.97. The average molecular weight is 319 g/mol. The minimum Gasteiger partial charge on any atom is -0.320 e. The van der Waals surface area contributed by atoms with E-state index < -0.39 is 0 Å². The highest BCUT2D eigenvalue weighted by molar-refractivity contribution is 6.35. The average Bonchev–Trinajstić information content (AvgIpc) is 2.51. The van der Waals surface area contributed by atoms with Gasteiger partial charge in [0, 0.05) is 11.6 Å². The molecule has 104 valence electrons. The monoisotopic (exact) mass is 318 g/mol. The first-order valence-corrected chi connectivity index (χ1v) is 6.74. The Kier molecular flexibility index (Phi) is 3.68. The van der Waals surface area contributed by atoms with Crippen LogP contribution in [0.25, 0.3) is 10.9 Å². The number of amides is 1. The molecule has 21 heavy (non-hydrogen) atoms. The maximum Gasteiger partial charge on any atom is 0.276 e. The summed E-state index contributed by atoms with van der Waals surface area (Å²) in [6.07, 6.45) is 1.64. The standard InChI is InChI=1S/C14H8Cl2N4O/c15-9-3-4-10(8-2-1-7-17-13(8)9)18-14(21)11-5-6-12(16)20-19-11/h1-7H,(H,18,21). The molecule has 0 saturated heterocycles. The maximum atomic E-state index is 12.1. The molecule has 0 spiro atoms. The molecule has 0 fully saturated rings. The molecule has 2 aromatic heterocycles. The normalized spacial score (nSPS) is 10.6. The number of benzene rings is 1. The van der Waals surface area contributed by atoms with Gasteiger partial charge in [-0.2, -0.15) is 0 Å². The van der Waals surface area contributed by atoms with E-state index in [2.05, 4.69) is 20.5 Å². The second-order valence-corrected chi connectivity index (χ2v) is 4.98. The number of aromatic nitrogens is 3. The van der Waals surface area contributed by atoms with Crippen molar-refractivity contribution >= 4 is 45.7 Å². The van der Waals surface area contributed by atoms with Crippen LogP contribution < -0.4 is 5.32 Å². The number of anilines is 1. The topological polar surface area (TPSA) is 67.8 Å². The third-order valence-corrected chi connectivity index (χ3v) is 3.34. The smallest absolute Gasteiger partial charge is 0.276 e. The van der Waals surface area contributed by atoms with Crippen molar-refractivity contribution in [2.45, 2.75) is 0 Å². The van der Waals surface area contributed by atoms with Gasteiger partial charge >= 0.3 is 0 Å². The van der Waals surface area contributed by atoms with E-state index in [0.717, 1.165) is 5.39 Å². The molecule has 0 radical (unpaired) electrons. The second-order valence-electron chi connectivity index (χ2n) is 4.19. The predicted molar refractivity (Wildman–Crippen MR) is 81.7 cm³/mol. The summed E-state index contributed by atoms with van der Waals surface area (Å²) in [6, 6.07) is 10.0. The number of rotatable bonds is 2. The van der Waals surface area contributed by atoms with Crippen LogP contribution in [0.1, 0.15) is 10.5 Å². The highest BCUT2D eigenvalue weighted by atomic mass is 35.5. The number of carbonyl (C=O) groups is 1. The largest absolute Gasteiger partial charge is 0.320 e. The number of nitrogens with zero attached hydrogens (tertiary/aromatic N) is 3. The molecule has 0 aliphatic heterocycles. The summed E-state index contributed by atoms with van der Waals surface area (Å²) in [7, 11) is 0. The summed E-state index contributed by atoms with van der Waals surface area (Å²) in [6.45, 7) is 0. The zero-order chi connectivity index (χ0) is 14.8. The molecule has 0 atom stereocenters. The summed E-state index contributed by atoms with van der Waals surface area (Å²) in [5.41, 5.74) is 1.40. The van der Waals surface area contributed by atoms with Gasteiger partial charge in [0.05, 0.1) is 16.2 Å². The van der Waals surface area contributed by atoms with Crippen molar-refractivity contribution in [2.75, 3.05) is 5.32 Å². The Morgan fingerprint density at radius 3 is 2.67 bits per heavy atom. The molecule has 1 aromatic carbocycles. The highest BCUT2D eigenvalue weighted by Gasteiger charge is 2.11. The van der Waals surface area contributed by atoms with Gasteiger partial charge in [-0.25, -0.2) is 0 Å². The van der Waals surface area contributed by atoms with Gasteiger partial charge in [-0.3, -0.25) is 9.78 Å². The fraction of sp³-hybridized carbons (Fsp3) is 0. The zero-order valence-electron chi connectivity index (χ0n) is 10.5. The number of fused-ring (bicyclic) bond motifs is 1. The Bertz CT molecular complexity index is 821. The van der Waals surface area contributed by atoms with Crippen molar-refractivity contribution in [2.24, 2.45) is 0 Å². The zero-order valence-corrected chi connectivity index (χ0v) is 12.1. The molecule has 0 bridgehead atoms. The predicted octanol–water partition coefficient (Wildman–Crippen LogP) is 3.58. The molecule has 1 amide bonds. The van der Waals surface area contributed by atoms with Crippen LogP contribution in [0.3, 0.4) is 0 Å². The van der Waals surface area contributed by atoms with Crippen LogP contribution in [0.2, 0.25) is 10.2 Å². The summed E-state index contributed by atoms with van der Waals surface area (Å²) < 4.78 is 0. The van der Waals surface area contributed by atoms with E-state index in [4.69, 9.17) is 23.2 Å². The van der Waals surface area contributed by atoms with Crippen molar-refractivity contribution in [1.29, 1.82) is 0 Å². The number of hydrogen-bond acceptors (Lipinski definition) is 4. The molecule has 7 heteroatoms. The van der Waals surface area contributed by atoms with Crippen LogP contribution in [0.5, 0.6) is 0 Å². The Hall–Kier alpha value is -2.24. The van der Waals surface area contributed by atoms with Gasteiger partial charge in [0.25, 0.3) is 5.91 Å². The van der Waals surface area contributed by atoms with Crippen molar-refractivity contribution in [1.82, 2.24) is 15.2 Å². The van der Waals surface area contributed by atoms with Gasteiger partial charge in [-0.1, -0.05) is 23.2 Å². The lowest BCUT2D eigenvalue weighted by molar-refractivity contribution is 0.102. The van der Waals surface area contributed by atoms with Crippen LogP contribution in [-0.2, 0) is 0 Å². The molecule has 0 aliphatic rings. The lowest BCUT2D eigenvalue weighted by atomic mass is 10.1. The van der Waals surface area contributed by atoms with Gasteiger partial charge in [0.1, 0.15) is 0 Å². The van der Waals surface area contributed by atoms with Crippen molar-refractivity contribution < 1.29 is 4.79 Å². The Morgan fingerprint density at radius 2 is 1.90 bits per heavy atom. The first-order chi connectivity index (χ1) is 10.1. The summed E-state index contributed by atoms with van der Waals surface area (Å²) in [5, 5.41) is 11.6. The van der Waals surface area contributed by atoms with Crippen LogP contribution in [0.15, 0.2) is 42.6 Å². The molecular weight excluding hydrogens is 311 g/mol. The minimum absolute atomic E-state index is 0.173. The lowest BCUT2D eigenvalue weighted by Crippen LogP contribution is -2.14. The molecule has 0 saturated carbocycles. The molecular formula is C14H8Cl2N4O. The SMILES string of the molecule is O=C(Nc1ccc(Cl)c2ncccc12)c1ccc(Cl)nn1. The molecule has 5 nitrogen and oxygen atoms in total. The molecule has 1 N–H and O–H groups in total. The van der Waals surface area contributed by atoms with Crippen LogP contribution in [0.4, 0.5) is 5.69 Å². The van der Waals surface area contributed by atoms with E-state index in [1.165, 1.54) is 12.1 Å². The lowest BCUT2D eigenvalue weighted by Gasteiger charge is -2.08. The number of carbonyl (C=O) groups excluding carboxylic acids is 1. The number of hydrogen-bond donors (Lipinski definition) is 1. The van der Waals surface area contributed by atoms with Crippen molar-refractivity contribution in [3.05, 3.63) is 58.5 Å². The first-order valence-electron chi connectivity index (χ1n) is 5.99. The van der Waals surface area contributed by atoms with Gasteiger partial charge in [-0.05, 0) is 36.4 Å². The van der Waals surface area contributed by atoms with Gasteiger partial charge in [0.2, 0.25) is 0 Å². The molecule has 3 rings (SSSR count). The Morgan fingerprint density at radius 1 is 1.05 bits per heavy atom. The van der Waals surface area contributed by atoms with Crippen molar-refractivity contribution in [3.63, 3.8) is 0 Å². The number of pyridine rings is 1. The first kappa shape index (κ1) is 13.7. The quantitative estimate of drug-likeness (QED) is 0.784. The number of halogens is 2. The fourth-order valence-electron chi connectivity index (χ4n) is 1.87. The van der Waals surface area contributed by atoms with E-state index in [0.29, 0.717) is 16.2 Å². The molecule has 0 unspecified atom stereocenters. The fourth-order valence-corrected chi connectivity index (χ4v) is 2.18. The third kappa shape index (κ3) is 2.79. The van der Waals surface area contributed by atoms with Gasteiger partial charge in [0.15, 0.2) is 10.8 Å². The van der Waals surface area contributed by atoms with E-state index in [1.807, 2.05) is 6.07 Å². The number of nitrogens with one attached hydrogen (secondary N) is 1. The van der Waals surface area contributed by atoms with Crippen molar-refractivity contribution in [3.8, 4) is 0 Å². The highest BCUT2D eigenvalue weighted by Crippen LogP contribution is 2.28. The van der Waals surface area contributed by atoms with Crippen LogP contribution in [0, 0.1) is 0 Å². The minimum atomic E-state index is -0.383. The van der Waals surface area contributed by atoms with E-state index in [-0.39, 0.29) is 16.8 Å². The van der Waals surface area contributed by atoms with E-state index >= 15 is 0 Å². The summed E-state index contributed by atoms with van der Waals surface area (Å²) >= 11 is 11.7. The van der Waals surface area contributed by atoms with E-state index in [9.17, 15) is 4.79 Å². The molecule has 0 aliphatic carbocycles. The Labute approximate surface area is 129 Å². The molecule has 2 heterocycles. The second kappa shape index (κ2) is 5.63. The van der Waals surface area contributed by atoms with Crippen LogP contribution in [-0.4, -0.2) is 21.1 Å².